The quantitative estimate of drug-likeness (QED) is 0.378. The molecular weight excluding hydrogens is 446 g/mol. The first-order valence-electron chi connectivity index (χ1n) is 12.9. The third kappa shape index (κ3) is 4.12. The van der Waals surface area contributed by atoms with Gasteiger partial charge in [-0.1, -0.05) is 62.8 Å². The van der Waals surface area contributed by atoms with Gasteiger partial charge < -0.3 is 10.0 Å². The number of allylic oxidation sites excluding steroid dienone is 1. The zero-order valence-electron chi connectivity index (χ0n) is 22.0. The fourth-order valence-electron chi connectivity index (χ4n) is 5.33. The maximum atomic E-state index is 12.8. The van der Waals surface area contributed by atoms with E-state index in [1.807, 2.05) is 6.92 Å². The predicted molar refractivity (Wildman–Crippen MR) is 147 cm³/mol. The highest BCUT2D eigenvalue weighted by atomic mass is 16.3. The molecule has 0 spiro atoms. The van der Waals surface area contributed by atoms with Crippen LogP contribution in [-0.4, -0.2) is 16.2 Å². The summed E-state index contributed by atoms with van der Waals surface area (Å²) in [6.07, 6.45) is 5.50. The van der Waals surface area contributed by atoms with E-state index in [4.69, 9.17) is 0 Å². The number of pyridine rings is 1. The number of aromatic hydroxyl groups is 1. The van der Waals surface area contributed by atoms with Crippen LogP contribution in [0.3, 0.4) is 0 Å². The van der Waals surface area contributed by atoms with Crippen LogP contribution in [0.25, 0.3) is 16.8 Å². The van der Waals surface area contributed by atoms with Gasteiger partial charge in [-0.05, 0) is 67.7 Å². The lowest BCUT2D eigenvalue weighted by Crippen LogP contribution is -2.26. The van der Waals surface area contributed by atoms with Crippen LogP contribution in [-0.2, 0) is 12.0 Å². The van der Waals surface area contributed by atoms with E-state index in [2.05, 4.69) is 73.9 Å². The minimum absolute atomic E-state index is 0.0738. The Balaban J connectivity index is 1.97. The lowest BCUT2D eigenvalue weighted by atomic mass is 9.81. The van der Waals surface area contributed by atoms with E-state index in [0.717, 1.165) is 37.9 Å². The first-order valence-corrected chi connectivity index (χ1v) is 12.9. The van der Waals surface area contributed by atoms with E-state index >= 15 is 0 Å². The molecule has 4 rings (SSSR count). The van der Waals surface area contributed by atoms with Gasteiger partial charge >= 0.3 is 0 Å². The van der Waals surface area contributed by atoms with Crippen LogP contribution in [0.15, 0.2) is 52.6 Å². The van der Waals surface area contributed by atoms with E-state index in [-0.39, 0.29) is 16.9 Å². The highest BCUT2D eigenvalue weighted by Gasteiger charge is 2.41. The molecule has 0 saturated carbocycles. The van der Waals surface area contributed by atoms with E-state index in [9.17, 15) is 15.2 Å². The van der Waals surface area contributed by atoms with Crippen molar-refractivity contribution in [2.45, 2.75) is 72.3 Å². The number of unbranched alkanes of at least 4 members (excludes halogenated alkanes) is 2. The van der Waals surface area contributed by atoms with Gasteiger partial charge in [-0.3, -0.25) is 9.36 Å². The summed E-state index contributed by atoms with van der Waals surface area (Å²) in [4.78, 5) is 15.2. The fraction of sp³-hybridized carbons (Fsp3) is 0.387. The molecule has 5 nitrogen and oxygen atoms in total. The van der Waals surface area contributed by atoms with Crippen LogP contribution < -0.4 is 10.5 Å². The van der Waals surface area contributed by atoms with Crippen molar-refractivity contribution in [2.75, 3.05) is 11.4 Å². The number of anilines is 1. The molecular formula is C31H35N3O2. The number of fused-ring (bicyclic) bond motifs is 3. The van der Waals surface area contributed by atoms with Crippen molar-refractivity contribution in [2.24, 2.45) is 0 Å². The summed E-state index contributed by atoms with van der Waals surface area (Å²) < 4.78 is 1.32. The van der Waals surface area contributed by atoms with E-state index in [0.29, 0.717) is 17.7 Å². The topological polar surface area (TPSA) is 69.3 Å². The van der Waals surface area contributed by atoms with Crippen LogP contribution in [0.2, 0.25) is 0 Å². The molecule has 1 aliphatic heterocycles. The molecule has 0 unspecified atom stereocenters. The van der Waals surface area contributed by atoms with Gasteiger partial charge in [0.25, 0.3) is 5.56 Å². The van der Waals surface area contributed by atoms with Crippen molar-refractivity contribution < 1.29 is 5.11 Å². The SMILES string of the molecule is CCCCN1C(=C=Cc2c(C)c(C#N)c(=O)n(CCCC)c2O)C(C)(C)c2c1ccc1ccccc21. The lowest BCUT2D eigenvalue weighted by molar-refractivity contribution is 0.399. The molecule has 36 heavy (non-hydrogen) atoms. The molecule has 1 aliphatic rings. The number of nitriles is 1. The largest absolute Gasteiger partial charge is 0.494 e. The maximum Gasteiger partial charge on any atom is 0.271 e. The number of benzene rings is 2. The summed E-state index contributed by atoms with van der Waals surface area (Å²) in [6, 6.07) is 14.9. The summed E-state index contributed by atoms with van der Waals surface area (Å²) in [5.74, 6) is -0.100. The summed E-state index contributed by atoms with van der Waals surface area (Å²) in [5.41, 5.74) is 7.29. The number of hydrogen-bond acceptors (Lipinski definition) is 4. The molecule has 0 saturated heterocycles. The van der Waals surface area contributed by atoms with Gasteiger partial charge in [0.1, 0.15) is 11.6 Å². The van der Waals surface area contributed by atoms with Crippen LogP contribution in [0.1, 0.15) is 75.6 Å². The number of hydrogen-bond donors (Lipinski definition) is 1. The Morgan fingerprint density at radius 2 is 1.75 bits per heavy atom. The standard InChI is InChI=1S/C31H35N3O2/c1-6-8-18-33-26-16-14-22-12-10-11-13-24(22)28(26)31(4,5)27(33)17-15-23-21(3)25(20-32)30(36)34(29(23)35)19-9-7-2/h10-16,35H,6-9,18-19H2,1-5H3. The summed E-state index contributed by atoms with van der Waals surface area (Å²) in [6.45, 7) is 11.6. The van der Waals surface area contributed by atoms with Crippen molar-refractivity contribution in [3.63, 3.8) is 0 Å². The van der Waals surface area contributed by atoms with E-state index in [1.165, 1.54) is 26.6 Å². The Kier molecular flexibility index (Phi) is 7.11. The minimum atomic E-state index is -0.435. The normalized spacial score (nSPS) is 14.0. The predicted octanol–water partition coefficient (Wildman–Crippen LogP) is 6.78. The van der Waals surface area contributed by atoms with Crippen molar-refractivity contribution >= 4 is 22.5 Å². The van der Waals surface area contributed by atoms with Crippen molar-refractivity contribution in [1.82, 2.24) is 4.57 Å². The van der Waals surface area contributed by atoms with E-state index in [1.54, 1.807) is 13.0 Å². The highest BCUT2D eigenvalue weighted by molar-refractivity contribution is 5.95. The zero-order valence-corrected chi connectivity index (χ0v) is 22.0. The second kappa shape index (κ2) is 10.1. The zero-order chi connectivity index (χ0) is 26.0. The molecule has 0 fully saturated rings. The minimum Gasteiger partial charge on any atom is -0.494 e. The van der Waals surface area contributed by atoms with Crippen molar-refractivity contribution in [3.8, 4) is 11.9 Å². The second-order valence-electron chi connectivity index (χ2n) is 10.1. The summed E-state index contributed by atoms with van der Waals surface area (Å²) in [7, 11) is 0. The molecule has 0 radical (unpaired) electrons. The smallest absolute Gasteiger partial charge is 0.271 e. The van der Waals surface area contributed by atoms with Crippen LogP contribution in [0.4, 0.5) is 5.69 Å². The maximum absolute atomic E-state index is 12.8. The van der Waals surface area contributed by atoms with Crippen LogP contribution in [0, 0.1) is 18.3 Å². The van der Waals surface area contributed by atoms with Gasteiger partial charge in [-0.25, -0.2) is 0 Å². The van der Waals surface area contributed by atoms with Crippen molar-refractivity contribution in [1.29, 1.82) is 5.26 Å². The Morgan fingerprint density at radius 3 is 2.44 bits per heavy atom. The van der Waals surface area contributed by atoms with Gasteiger partial charge in [0.15, 0.2) is 0 Å². The molecule has 1 aromatic heterocycles. The molecule has 0 amide bonds. The second-order valence-corrected chi connectivity index (χ2v) is 10.1. The first-order chi connectivity index (χ1) is 17.3. The van der Waals surface area contributed by atoms with Crippen LogP contribution in [0.5, 0.6) is 5.88 Å². The van der Waals surface area contributed by atoms with Gasteiger partial charge in [0, 0.05) is 29.8 Å². The molecule has 0 aliphatic carbocycles. The number of nitrogens with zero attached hydrogens (tertiary/aromatic N) is 3. The molecule has 3 aromatic rings. The monoisotopic (exact) mass is 481 g/mol. The first kappa shape index (κ1) is 25.4. The van der Waals surface area contributed by atoms with Gasteiger partial charge in [-0.2, -0.15) is 5.26 Å². The summed E-state index contributed by atoms with van der Waals surface area (Å²) in [5, 5.41) is 23.2. The van der Waals surface area contributed by atoms with Crippen molar-refractivity contribution in [3.05, 3.63) is 80.4 Å². The molecule has 2 aromatic carbocycles. The van der Waals surface area contributed by atoms with Gasteiger partial charge in [0.2, 0.25) is 5.88 Å². The Hall–Kier alpha value is -3.74. The molecule has 5 heteroatoms. The Labute approximate surface area is 213 Å². The number of rotatable bonds is 7. The number of aromatic nitrogens is 1. The third-order valence-corrected chi connectivity index (χ3v) is 7.35. The third-order valence-electron chi connectivity index (χ3n) is 7.35. The summed E-state index contributed by atoms with van der Waals surface area (Å²) >= 11 is 0. The van der Waals surface area contributed by atoms with Gasteiger partial charge in [0.05, 0.1) is 5.70 Å². The molecule has 1 N–H and O–H groups in total. The van der Waals surface area contributed by atoms with Crippen LogP contribution >= 0.6 is 0 Å². The average molecular weight is 482 g/mol. The Bertz CT molecular complexity index is 1480. The van der Waals surface area contributed by atoms with E-state index < -0.39 is 5.56 Å². The molecule has 0 bridgehead atoms. The molecule has 186 valence electrons. The fourth-order valence-corrected chi connectivity index (χ4v) is 5.33. The van der Waals surface area contributed by atoms with Gasteiger partial charge in [-0.15, -0.1) is 0 Å². The average Bonchev–Trinajstić information content (AvgIpc) is 3.08. The Morgan fingerprint density at radius 1 is 1.06 bits per heavy atom. The molecule has 2 heterocycles. The lowest BCUT2D eigenvalue weighted by Gasteiger charge is -2.25. The highest BCUT2D eigenvalue weighted by Crippen LogP contribution is 2.50. The molecule has 0 atom stereocenters.